The van der Waals surface area contributed by atoms with Crippen LogP contribution in [0, 0.1) is 11.8 Å². The van der Waals surface area contributed by atoms with Gasteiger partial charge in [-0.25, -0.2) is 4.79 Å². The summed E-state index contributed by atoms with van der Waals surface area (Å²) in [5, 5.41) is 8.49. The maximum Gasteiger partial charge on any atom is 0.375 e. The van der Waals surface area contributed by atoms with Crippen LogP contribution >= 0.6 is 0 Å². The number of carboxylic acids is 1. The summed E-state index contributed by atoms with van der Waals surface area (Å²) in [5.74, 6) is -7.37. The number of allylic oxidation sites excluding steroid dienone is 4. The topological polar surface area (TPSA) is 37.3 Å². The molecule has 15 heavy (non-hydrogen) atoms. The van der Waals surface area contributed by atoms with Gasteiger partial charge >= 0.3 is 11.9 Å². The van der Waals surface area contributed by atoms with Crippen molar-refractivity contribution in [2.24, 2.45) is 11.8 Å². The van der Waals surface area contributed by atoms with Crippen LogP contribution in [0.5, 0.6) is 0 Å². The van der Waals surface area contributed by atoms with Gasteiger partial charge in [0.25, 0.3) is 0 Å². The molecule has 0 radical (unpaired) electrons. The highest BCUT2D eigenvalue weighted by Crippen LogP contribution is 2.37. The lowest BCUT2D eigenvalue weighted by atomic mass is 9.80. The molecule has 2 nitrogen and oxygen atoms in total. The van der Waals surface area contributed by atoms with Crippen LogP contribution in [0.2, 0.25) is 0 Å². The molecule has 0 saturated heterocycles. The number of alkyl halides is 2. The normalized spacial score (nSPS) is 26.3. The van der Waals surface area contributed by atoms with Crippen LogP contribution in [0.3, 0.4) is 0 Å². The summed E-state index contributed by atoms with van der Waals surface area (Å²) in [5.41, 5.74) is 0.686. The third kappa shape index (κ3) is 2.25. The zero-order valence-electron chi connectivity index (χ0n) is 8.71. The van der Waals surface area contributed by atoms with Crippen LogP contribution in [0.4, 0.5) is 8.78 Å². The molecule has 0 amide bonds. The Morgan fingerprint density at radius 1 is 1.60 bits per heavy atom. The Kier molecular flexibility index (Phi) is 3.27. The number of carbonyl (C=O) groups is 1. The summed E-state index contributed by atoms with van der Waals surface area (Å²) in [6.07, 6.45) is 5.27. The van der Waals surface area contributed by atoms with Gasteiger partial charge in [-0.2, -0.15) is 8.78 Å². The molecule has 0 heterocycles. The molecule has 0 bridgehead atoms. The zero-order valence-corrected chi connectivity index (χ0v) is 8.71. The van der Waals surface area contributed by atoms with E-state index in [2.05, 4.69) is 0 Å². The number of halogens is 2. The quantitative estimate of drug-likeness (QED) is 0.787. The average Bonchev–Trinajstić information content (AvgIpc) is 2.17. The van der Waals surface area contributed by atoms with Crippen molar-refractivity contribution in [3.05, 3.63) is 23.8 Å². The van der Waals surface area contributed by atoms with Gasteiger partial charge in [0.2, 0.25) is 0 Å². The van der Waals surface area contributed by atoms with Crippen LogP contribution in [0.25, 0.3) is 0 Å². The van der Waals surface area contributed by atoms with Gasteiger partial charge in [-0.15, -0.1) is 0 Å². The van der Waals surface area contributed by atoms with E-state index < -0.39 is 23.7 Å². The molecule has 0 aromatic heterocycles. The molecular weight excluding hydrogens is 202 g/mol. The van der Waals surface area contributed by atoms with Gasteiger partial charge in [0.1, 0.15) is 0 Å². The van der Waals surface area contributed by atoms with Gasteiger partial charge in [-0.1, -0.05) is 30.7 Å². The first-order chi connectivity index (χ1) is 6.89. The van der Waals surface area contributed by atoms with Gasteiger partial charge in [-0.05, 0) is 19.3 Å². The molecule has 1 aliphatic rings. The first-order valence-electron chi connectivity index (χ1n) is 4.87. The second kappa shape index (κ2) is 4.13. The van der Waals surface area contributed by atoms with Crippen LogP contribution in [-0.2, 0) is 4.79 Å². The highest BCUT2D eigenvalue weighted by Gasteiger charge is 2.49. The Labute approximate surface area is 87.3 Å². The molecule has 0 aromatic rings. The number of aliphatic carboxylic acids is 1. The van der Waals surface area contributed by atoms with Gasteiger partial charge in [0.05, 0.1) is 5.92 Å². The lowest BCUT2D eigenvalue weighted by Gasteiger charge is -2.29. The number of hydrogen-bond donors (Lipinski definition) is 1. The van der Waals surface area contributed by atoms with Crippen molar-refractivity contribution in [3.8, 4) is 0 Å². The minimum absolute atomic E-state index is 0.403. The second-order valence-corrected chi connectivity index (χ2v) is 3.80. The van der Waals surface area contributed by atoms with E-state index in [1.165, 1.54) is 6.08 Å². The van der Waals surface area contributed by atoms with Crippen molar-refractivity contribution in [3.63, 3.8) is 0 Å². The lowest BCUT2D eigenvalue weighted by Crippen LogP contribution is -2.40. The molecule has 0 fully saturated rings. The third-order valence-corrected chi connectivity index (χ3v) is 2.69. The third-order valence-electron chi connectivity index (χ3n) is 2.69. The number of rotatable bonds is 3. The Balaban J connectivity index is 3.01. The predicted molar refractivity (Wildman–Crippen MR) is 52.8 cm³/mol. The van der Waals surface area contributed by atoms with Gasteiger partial charge in [0, 0.05) is 0 Å². The maximum absolute atomic E-state index is 13.4. The summed E-state index contributed by atoms with van der Waals surface area (Å²) in [7, 11) is 0. The molecule has 0 spiro atoms. The fourth-order valence-electron chi connectivity index (χ4n) is 1.76. The predicted octanol–water partition coefficient (Wildman–Crippen LogP) is 2.86. The Morgan fingerprint density at radius 2 is 2.20 bits per heavy atom. The Bertz CT molecular complexity index is 319. The maximum atomic E-state index is 13.4. The molecule has 84 valence electrons. The summed E-state index contributed by atoms with van der Waals surface area (Å²) in [4.78, 5) is 10.5. The summed E-state index contributed by atoms with van der Waals surface area (Å²) in [6, 6.07) is 0. The van der Waals surface area contributed by atoms with Crippen molar-refractivity contribution < 1.29 is 18.7 Å². The van der Waals surface area contributed by atoms with Crippen LogP contribution in [0.1, 0.15) is 20.3 Å². The fraction of sp³-hybridized carbons (Fsp3) is 0.545. The molecule has 1 rings (SSSR count). The Morgan fingerprint density at radius 3 is 2.67 bits per heavy atom. The first-order valence-corrected chi connectivity index (χ1v) is 4.87. The van der Waals surface area contributed by atoms with E-state index in [4.69, 9.17) is 5.11 Å². The monoisotopic (exact) mass is 216 g/mol. The smallest absolute Gasteiger partial charge is 0.375 e. The molecule has 1 aliphatic carbocycles. The van der Waals surface area contributed by atoms with E-state index in [-0.39, 0.29) is 0 Å². The van der Waals surface area contributed by atoms with Gasteiger partial charge in [-0.3, -0.25) is 0 Å². The molecule has 0 saturated carbocycles. The van der Waals surface area contributed by atoms with E-state index in [0.717, 1.165) is 0 Å². The van der Waals surface area contributed by atoms with Crippen molar-refractivity contribution in [2.45, 2.75) is 26.2 Å². The largest absolute Gasteiger partial charge is 0.477 e. The minimum Gasteiger partial charge on any atom is -0.477 e. The van der Waals surface area contributed by atoms with Crippen molar-refractivity contribution >= 4 is 5.97 Å². The van der Waals surface area contributed by atoms with Crippen molar-refractivity contribution in [1.29, 1.82) is 0 Å². The molecule has 0 aliphatic heterocycles. The zero-order chi connectivity index (χ0) is 11.6. The van der Waals surface area contributed by atoms with E-state index in [1.807, 2.05) is 0 Å². The van der Waals surface area contributed by atoms with Crippen LogP contribution in [0.15, 0.2) is 23.8 Å². The van der Waals surface area contributed by atoms with Crippen molar-refractivity contribution in [1.82, 2.24) is 0 Å². The van der Waals surface area contributed by atoms with E-state index in [0.29, 0.717) is 12.0 Å². The fourth-order valence-corrected chi connectivity index (χ4v) is 1.76. The van der Waals surface area contributed by atoms with Gasteiger partial charge < -0.3 is 5.11 Å². The van der Waals surface area contributed by atoms with Gasteiger partial charge in [0.15, 0.2) is 0 Å². The van der Waals surface area contributed by atoms with Crippen molar-refractivity contribution in [2.75, 3.05) is 0 Å². The molecule has 2 atom stereocenters. The summed E-state index contributed by atoms with van der Waals surface area (Å²) >= 11 is 0. The standard InChI is InChI=1S/C11H14F2O2/c1-3-8-5-4-7(2)6-9(8)11(12,13)10(14)15/h4-6,8-9H,3H2,1-2H3,(H,14,15). The second-order valence-electron chi connectivity index (χ2n) is 3.80. The molecule has 2 unspecified atom stereocenters. The van der Waals surface area contributed by atoms with Crippen LogP contribution < -0.4 is 0 Å². The summed E-state index contributed by atoms with van der Waals surface area (Å²) < 4.78 is 26.7. The molecule has 4 heteroatoms. The Hall–Kier alpha value is -1.19. The lowest BCUT2D eigenvalue weighted by molar-refractivity contribution is -0.172. The molecular formula is C11H14F2O2. The highest BCUT2D eigenvalue weighted by atomic mass is 19.3. The van der Waals surface area contributed by atoms with E-state index in [9.17, 15) is 13.6 Å². The molecule has 1 N–H and O–H groups in total. The van der Waals surface area contributed by atoms with Crippen LogP contribution in [-0.4, -0.2) is 17.0 Å². The minimum atomic E-state index is -3.69. The molecule has 0 aromatic carbocycles. The first kappa shape index (κ1) is 11.9. The highest BCUT2D eigenvalue weighted by molar-refractivity contribution is 5.76. The SMILES string of the molecule is CCC1C=CC(C)=CC1C(F)(F)C(=O)O. The number of hydrogen-bond acceptors (Lipinski definition) is 1. The van der Waals surface area contributed by atoms with E-state index in [1.54, 1.807) is 26.0 Å². The average molecular weight is 216 g/mol. The number of carboxylic acid groups (broad SMARTS) is 1. The van der Waals surface area contributed by atoms with E-state index >= 15 is 0 Å². The summed E-state index contributed by atoms with van der Waals surface area (Å²) in [6.45, 7) is 3.46.